The molecule has 1 fully saturated rings. The normalized spacial score (nSPS) is 15.1. The van der Waals surface area contributed by atoms with Crippen molar-refractivity contribution in [2.45, 2.75) is 57.3 Å². The SMILES string of the molecule is CC(C)(CCSc1nc2cc(N3CCN(C(=O)OC(C)(C)C)CC3)c(Cl)cc2[nH]1)N=[N+]=[N-]. The molecule has 0 spiro atoms. The van der Waals surface area contributed by atoms with Crippen LogP contribution < -0.4 is 4.90 Å². The van der Waals surface area contributed by atoms with Crippen LogP contribution in [0.1, 0.15) is 41.0 Å². The molecular formula is C21H30ClN7O2S. The van der Waals surface area contributed by atoms with E-state index in [0.29, 0.717) is 31.2 Å². The molecule has 0 bridgehead atoms. The van der Waals surface area contributed by atoms with Gasteiger partial charge in [-0.2, -0.15) is 0 Å². The number of nitrogens with one attached hydrogen (secondary N) is 1. The van der Waals surface area contributed by atoms with Crippen molar-refractivity contribution in [1.29, 1.82) is 0 Å². The number of anilines is 1. The summed E-state index contributed by atoms with van der Waals surface area (Å²) in [4.78, 5) is 27.1. The van der Waals surface area contributed by atoms with E-state index in [4.69, 9.17) is 26.9 Å². The summed E-state index contributed by atoms with van der Waals surface area (Å²) < 4.78 is 5.47. The monoisotopic (exact) mass is 479 g/mol. The van der Waals surface area contributed by atoms with Crippen molar-refractivity contribution in [3.63, 3.8) is 0 Å². The van der Waals surface area contributed by atoms with Crippen LogP contribution in [0.3, 0.4) is 0 Å². The number of benzene rings is 1. The van der Waals surface area contributed by atoms with Gasteiger partial charge < -0.3 is 19.5 Å². The molecule has 1 amide bonds. The van der Waals surface area contributed by atoms with Crippen LogP contribution in [0.2, 0.25) is 5.02 Å². The number of azide groups is 1. The van der Waals surface area contributed by atoms with Crippen molar-refractivity contribution in [2.24, 2.45) is 5.11 Å². The number of imidazole rings is 1. The number of fused-ring (bicyclic) bond motifs is 1. The van der Waals surface area contributed by atoms with Crippen molar-refractivity contribution in [2.75, 3.05) is 36.8 Å². The van der Waals surface area contributed by atoms with Crippen LogP contribution in [0.25, 0.3) is 21.5 Å². The second kappa shape index (κ2) is 9.68. The number of hydrogen-bond acceptors (Lipinski definition) is 6. The lowest BCUT2D eigenvalue weighted by Crippen LogP contribution is -2.50. The number of piperazine rings is 1. The summed E-state index contributed by atoms with van der Waals surface area (Å²) in [6, 6.07) is 3.89. The van der Waals surface area contributed by atoms with Gasteiger partial charge in [-0.05, 0) is 44.9 Å². The molecule has 1 aromatic carbocycles. The van der Waals surface area contributed by atoms with Crippen LogP contribution in [-0.2, 0) is 4.74 Å². The quantitative estimate of drug-likeness (QED) is 0.242. The zero-order valence-corrected chi connectivity index (χ0v) is 20.8. The maximum atomic E-state index is 12.3. The Labute approximate surface area is 197 Å². The maximum absolute atomic E-state index is 12.3. The number of H-pyrrole nitrogens is 1. The third-order valence-electron chi connectivity index (χ3n) is 5.07. The van der Waals surface area contributed by atoms with E-state index in [0.717, 1.165) is 34.1 Å². The predicted molar refractivity (Wildman–Crippen MR) is 130 cm³/mol. The Balaban J connectivity index is 1.64. The summed E-state index contributed by atoms with van der Waals surface area (Å²) >= 11 is 8.17. The van der Waals surface area contributed by atoms with Crippen LogP contribution in [0.15, 0.2) is 22.4 Å². The van der Waals surface area contributed by atoms with Crippen molar-refractivity contribution in [3.8, 4) is 0 Å². The van der Waals surface area contributed by atoms with Crippen molar-refractivity contribution in [3.05, 3.63) is 27.6 Å². The Kier molecular flexibility index (Phi) is 7.37. The Morgan fingerprint density at radius 1 is 1.28 bits per heavy atom. The summed E-state index contributed by atoms with van der Waals surface area (Å²) in [7, 11) is 0. The zero-order chi connectivity index (χ0) is 23.5. The fourth-order valence-electron chi connectivity index (χ4n) is 3.33. The molecule has 2 aromatic rings. The lowest BCUT2D eigenvalue weighted by atomic mass is 10.0. The molecule has 2 heterocycles. The molecule has 1 aromatic heterocycles. The van der Waals surface area contributed by atoms with Gasteiger partial charge in [0.2, 0.25) is 0 Å². The van der Waals surface area contributed by atoms with Gasteiger partial charge in [0.05, 0.1) is 21.7 Å². The summed E-state index contributed by atoms with van der Waals surface area (Å²) in [6.45, 7) is 11.9. The van der Waals surface area contributed by atoms with Gasteiger partial charge in [-0.25, -0.2) is 9.78 Å². The first-order valence-electron chi connectivity index (χ1n) is 10.6. The molecule has 0 radical (unpaired) electrons. The highest BCUT2D eigenvalue weighted by Crippen LogP contribution is 2.33. The Bertz CT molecular complexity index is 1020. The highest BCUT2D eigenvalue weighted by atomic mass is 35.5. The second-order valence-corrected chi connectivity index (χ2v) is 10.9. The maximum Gasteiger partial charge on any atom is 0.410 e. The fraction of sp³-hybridized carbons (Fsp3) is 0.619. The molecule has 0 aliphatic carbocycles. The summed E-state index contributed by atoms with van der Waals surface area (Å²) in [5.74, 6) is 0.777. The molecule has 1 N–H and O–H groups in total. The third kappa shape index (κ3) is 6.37. The topological polar surface area (TPSA) is 110 Å². The van der Waals surface area contributed by atoms with E-state index < -0.39 is 11.1 Å². The van der Waals surface area contributed by atoms with Crippen LogP contribution in [-0.4, -0.2) is 64.0 Å². The van der Waals surface area contributed by atoms with Gasteiger partial charge in [0.15, 0.2) is 5.16 Å². The predicted octanol–water partition coefficient (Wildman–Crippen LogP) is 5.84. The molecular weight excluding hydrogens is 450 g/mol. The minimum atomic E-state index is -0.503. The van der Waals surface area contributed by atoms with Crippen molar-refractivity contribution >= 4 is 46.2 Å². The Morgan fingerprint density at radius 3 is 2.59 bits per heavy atom. The van der Waals surface area contributed by atoms with Gasteiger partial charge in [0.1, 0.15) is 5.60 Å². The highest BCUT2D eigenvalue weighted by Gasteiger charge is 2.27. The number of nitrogens with zero attached hydrogens (tertiary/aromatic N) is 6. The second-order valence-electron chi connectivity index (χ2n) is 9.42. The lowest BCUT2D eigenvalue weighted by Gasteiger charge is -2.37. The smallest absolute Gasteiger partial charge is 0.410 e. The number of halogens is 1. The van der Waals surface area contributed by atoms with E-state index in [9.17, 15) is 4.79 Å². The largest absolute Gasteiger partial charge is 0.444 e. The number of amides is 1. The molecule has 11 heteroatoms. The van der Waals surface area contributed by atoms with Crippen LogP contribution in [0.4, 0.5) is 10.5 Å². The van der Waals surface area contributed by atoms with Crippen molar-refractivity contribution in [1.82, 2.24) is 14.9 Å². The lowest BCUT2D eigenvalue weighted by molar-refractivity contribution is 0.0240. The number of aromatic nitrogens is 2. The van der Waals surface area contributed by atoms with Gasteiger partial charge in [-0.1, -0.05) is 42.3 Å². The average Bonchev–Trinajstić information content (AvgIpc) is 3.07. The highest BCUT2D eigenvalue weighted by molar-refractivity contribution is 7.99. The first-order chi connectivity index (χ1) is 15.0. The number of ether oxygens (including phenoxy) is 1. The minimum absolute atomic E-state index is 0.281. The van der Waals surface area contributed by atoms with E-state index in [1.807, 2.05) is 46.8 Å². The molecule has 1 aliphatic heterocycles. The molecule has 1 saturated heterocycles. The standard InChI is InChI=1S/C21H30ClN7O2S/c1-20(2,3)31-19(30)29-9-7-28(8-10-29)17-13-16-15(12-14(17)22)24-18(25-16)32-11-6-21(4,5)26-27-23/h12-13H,6-11H2,1-5H3,(H,24,25). The van der Waals surface area contributed by atoms with Crippen LogP contribution in [0.5, 0.6) is 0 Å². The number of aromatic amines is 1. The molecule has 3 rings (SSSR count). The zero-order valence-electron chi connectivity index (χ0n) is 19.2. The van der Waals surface area contributed by atoms with Gasteiger partial charge in [0, 0.05) is 42.4 Å². The number of carbonyl (C=O) groups is 1. The van der Waals surface area contributed by atoms with Crippen LogP contribution >= 0.6 is 23.4 Å². The molecule has 0 saturated carbocycles. The first kappa shape index (κ1) is 24.4. The summed E-state index contributed by atoms with van der Waals surface area (Å²) in [6.07, 6.45) is 0.462. The molecule has 1 aliphatic rings. The molecule has 32 heavy (non-hydrogen) atoms. The summed E-state index contributed by atoms with van der Waals surface area (Å²) in [5.41, 5.74) is 10.4. The van der Waals surface area contributed by atoms with E-state index in [1.165, 1.54) is 0 Å². The van der Waals surface area contributed by atoms with E-state index in [1.54, 1.807) is 16.7 Å². The Hall–Kier alpha value is -2.29. The molecule has 9 nitrogen and oxygen atoms in total. The number of carbonyl (C=O) groups excluding carboxylic acids is 1. The number of rotatable bonds is 6. The number of thioether (sulfide) groups is 1. The van der Waals surface area contributed by atoms with E-state index in [-0.39, 0.29) is 6.09 Å². The average molecular weight is 480 g/mol. The van der Waals surface area contributed by atoms with Gasteiger partial charge in [-0.3, -0.25) is 0 Å². The van der Waals surface area contributed by atoms with Crippen molar-refractivity contribution < 1.29 is 9.53 Å². The fourth-order valence-corrected chi connectivity index (χ4v) is 4.75. The molecule has 174 valence electrons. The van der Waals surface area contributed by atoms with E-state index >= 15 is 0 Å². The molecule has 0 atom stereocenters. The van der Waals surface area contributed by atoms with Gasteiger partial charge in [-0.15, -0.1) is 0 Å². The van der Waals surface area contributed by atoms with Crippen LogP contribution in [0, 0.1) is 0 Å². The summed E-state index contributed by atoms with van der Waals surface area (Å²) in [5, 5.41) is 5.27. The van der Waals surface area contributed by atoms with Gasteiger partial charge >= 0.3 is 6.09 Å². The first-order valence-corrected chi connectivity index (χ1v) is 11.9. The minimum Gasteiger partial charge on any atom is -0.444 e. The van der Waals surface area contributed by atoms with Gasteiger partial charge in [0.25, 0.3) is 0 Å². The van der Waals surface area contributed by atoms with E-state index in [2.05, 4.69) is 19.9 Å². The molecule has 0 unspecified atom stereocenters. The third-order valence-corrected chi connectivity index (χ3v) is 6.25. The number of hydrogen-bond donors (Lipinski definition) is 1. The Morgan fingerprint density at radius 2 is 1.97 bits per heavy atom.